The lowest BCUT2D eigenvalue weighted by molar-refractivity contribution is 0.0902. The summed E-state index contributed by atoms with van der Waals surface area (Å²) in [4.78, 5) is 12.6. The van der Waals surface area contributed by atoms with Crippen LogP contribution in [0.15, 0.2) is 18.2 Å². The average Bonchev–Trinajstić information content (AvgIpc) is 3.03. The molecule has 0 atom stereocenters. The SMILES string of the molecule is CCCOc1ccc(C(=O)NC2(CN)CCCC2)cc1OCC. The van der Waals surface area contributed by atoms with Crippen molar-refractivity contribution in [1.29, 1.82) is 0 Å². The Balaban J connectivity index is 2.14. The Bertz CT molecular complexity index is 525. The van der Waals surface area contributed by atoms with Gasteiger partial charge in [-0.25, -0.2) is 0 Å². The Kier molecular flexibility index (Phi) is 6.28. The number of ether oxygens (including phenoxy) is 2. The summed E-state index contributed by atoms with van der Waals surface area (Å²) < 4.78 is 11.3. The van der Waals surface area contributed by atoms with E-state index in [1.54, 1.807) is 18.2 Å². The topological polar surface area (TPSA) is 73.6 Å². The van der Waals surface area contributed by atoms with Crippen LogP contribution in [-0.4, -0.2) is 31.2 Å². The van der Waals surface area contributed by atoms with E-state index in [1.807, 2.05) is 6.92 Å². The monoisotopic (exact) mass is 320 g/mol. The Morgan fingerprint density at radius 3 is 2.57 bits per heavy atom. The van der Waals surface area contributed by atoms with Crippen molar-refractivity contribution in [3.8, 4) is 11.5 Å². The highest BCUT2D eigenvalue weighted by Crippen LogP contribution is 2.31. The highest BCUT2D eigenvalue weighted by molar-refractivity contribution is 5.95. The van der Waals surface area contributed by atoms with Gasteiger partial charge in [0.15, 0.2) is 11.5 Å². The van der Waals surface area contributed by atoms with Gasteiger partial charge in [-0.1, -0.05) is 19.8 Å². The lowest BCUT2D eigenvalue weighted by Crippen LogP contribution is -2.51. The molecule has 0 aliphatic heterocycles. The third-order valence-electron chi connectivity index (χ3n) is 4.30. The molecule has 0 saturated heterocycles. The number of hydrogen-bond donors (Lipinski definition) is 2. The highest BCUT2D eigenvalue weighted by Gasteiger charge is 2.34. The largest absolute Gasteiger partial charge is 0.490 e. The first-order chi connectivity index (χ1) is 11.1. The number of carbonyl (C=O) groups excluding carboxylic acids is 1. The minimum Gasteiger partial charge on any atom is -0.490 e. The van der Waals surface area contributed by atoms with E-state index in [4.69, 9.17) is 15.2 Å². The Morgan fingerprint density at radius 1 is 1.22 bits per heavy atom. The maximum atomic E-state index is 12.6. The number of rotatable bonds is 8. The van der Waals surface area contributed by atoms with E-state index in [-0.39, 0.29) is 11.4 Å². The first-order valence-corrected chi connectivity index (χ1v) is 8.56. The van der Waals surface area contributed by atoms with E-state index >= 15 is 0 Å². The lowest BCUT2D eigenvalue weighted by atomic mass is 9.97. The van der Waals surface area contributed by atoms with Gasteiger partial charge in [0.2, 0.25) is 0 Å². The average molecular weight is 320 g/mol. The van der Waals surface area contributed by atoms with Crippen molar-refractivity contribution in [3.63, 3.8) is 0 Å². The maximum Gasteiger partial charge on any atom is 0.251 e. The number of benzene rings is 1. The van der Waals surface area contributed by atoms with Gasteiger partial charge in [-0.2, -0.15) is 0 Å². The molecule has 23 heavy (non-hydrogen) atoms. The number of hydrogen-bond acceptors (Lipinski definition) is 4. The summed E-state index contributed by atoms with van der Waals surface area (Å²) in [5, 5.41) is 3.13. The minimum atomic E-state index is -0.250. The van der Waals surface area contributed by atoms with Crippen molar-refractivity contribution in [2.45, 2.75) is 51.5 Å². The van der Waals surface area contributed by atoms with Crippen molar-refractivity contribution in [3.05, 3.63) is 23.8 Å². The van der Waals surface area contributed by atoms with Crippen LogP contribution in [0.5, 0.6) is 11.5 Å². The fourth-order valence-electron chi connectivity index (χ4n) is 2.99. The zero-order chi connectivity index (χ0) is 16.7. The van der Waals surface area contributed by atoms with E-state index in [9.17, 15) is 4.79 Å². The quantitative estimate of drug-likeness (QED) is 0.772. The van der Waals surface area contributed by atoms with Crippen molar-refractivity contribution in [1.82, 2.24) is 5.32 Å². The molecule has 128 valence electrons. The second kappa shape index (κ2) is 8.20. The lowest BCUT2D eigenvalue weighted by Gasteiger charge is -2.28. The normalized spacial score (nSPS) is 16.1. The predicted molar refractivity (Wildman–Crippen MR) is 91.1 cm³/mol. The van der Waals surface area contributed by atoms with Gasteiger partial charge in [-0.15, -0.1) is 0 Å². The first kappa shape index (κ1) is 17.6. The third-order valence-corrected chi connectivity index (χ3v) is 4.30. The van der Waals surface area contributed by atoms with Gasteiger partial charge in [-0.3, -0.25) is 4.79 Å². The minimum absolute atomic E-state index is 0.0969. The number of carbonyl (C=O) groups is 1. The molecule has 0 spiro atoms. The Morgan fingerprint density at radius 2 is 1.96 bits per heavy atom. The molecule has 0 radical (unpaired) electrons. The number of nitrogens with one attached hydrogen (secondary N) is 1. The molecule has 1 aliphatic carbocycles. The summed E-state index contributed by atoms with van der Waals surface area (Å²) in [5.41, 5.74) is 6.22. The van der Waals surface area contributed by atoms with Gasteiger partial charge in [-0.05, 0) is 44.4 Å². The molecule has 0 heterocycles. The second-order valence-corrected chi connectivity index (χ2v) is 6.09. The second-order valence-electron chi connectivity index (χ2n) is 6.09. The predicted octanol–water partition coefficient (Wildman–Crippen LogP) is 2.88. The fraction of sp³-hybridized carbons (Fsp3) is 0.611. The molecular formula is C18H28N2O3. The van der Waals surface area contributed by atoms with Gasteiger partial charge in [0.05, 0.1) is 18.8 Å². The van der Waals surface area contributed by atoms with E-state index in [1.165, 1.54) is 0 Å². The molecule has 0 aromatic heterocycles. The van der Waals surface area contributed by atoms with Gasteiger partial charge in [0, 0.05) is 12.1 Å². The van der Waals surface area contributed by atoms with Crippen molar-refractivity contribution >= 4 is 5.91 Å². The first-order valence-electron chi connectivity index (χ1n) is 8.56. The molecule has 0 bridgehead atoms. The van der Waals surface area contributed by atoms with Crippen molar-refractivity contribution in [2.75, 3.05) is 19.8 Å². The molecule has 2 rings (SSSR count). The smallest absolute Gasteiger partial charge is 0.251 e. The summed E-state index contributed by atoms with van der Waals surface area (Å²) in [6.45, 7) is 5.60. The molecule has 3 N–H and O–H groups in total. The summed E-state index contributed by atoms with van der Waals surface area (Å²) in [6, 6.07) is 5.34. The highest BCUT2D eigenvalue weighted by atomic mass is 16.5. The molecular weight excluding hydrogens is 292 g/mol. The van der Waals surface area contributed by atoms with E-state index in [0.717, 1.165) is 32.1 Å². The maximum absolute atomic E-state index is 12.6. The molecule has 5 heteroatoms. The Hall–Kier alpha value is -1.75. The molecule has 1 aliphatic rings. The van der Waals surface area contributed by atoms with E-state index < -0.39 is 0 Å². The molecule has 0 unspecified atom stereocenters. The van der Waals surface area contributed by atoms with E-state index in [0.29, 0.717) is 36.8 Å². The third kappa shape index (κ3) is 4.38. The van der Waals surface area contributed by atoms with Crippen LogP contribution >= 0.6 is 0 Å². The van der Waals surface area contributed by atoms with Crippen molar-refractivity contribution < 1.29 is 14.3 Å². The van der Waals surface area contributed by atoms with E-state index in [2.05, 4.69) is 12.2 Å². The summed E-state index contributed by atoms with van der Waals surface area (Å²) in [6.07, 6.45) is 5.06. The summed E-state index contributed by atoms with van der Waals surface area (Å²) >= 11 is 0. The van der Waals surface area contributed by atoms with Gasteiger partial charge >= 0.3 is 0 Å². The number of amides is 1. The van der Waals surface area contributed by atoms with Crippen LogP contribution in [0, 0.1) is 0 Å². The van der Waals surface area contributed by atoms with Crippen LogP contribution in [0.3, 0.4) is 0 Å². The zero-order valence-corrected chi connectivity index (χ0v) is 14.2. The standard InChI is InChI=1S/C18H28N2O3/c1-3-11-23-15-8-7-14(12-16(15)22-4-2)17(21)20-18(13-19)9-5-6-10-18/h7-8,12H,3-6,9-11,13,19H2,1-2H3,(H,20,21). The summed E-state index contributed by atoms with van der Waals surface area (Å²) in [5.74, 6) is 1.20. The molecule has 1 aromatic rings. The fourth-order valence-corrected chi connectivity index (χ4v) is 2.99. The van der Waals surface area contributed by atoms with Gasteiger partial charge in [0.25, 0.3) is 5.91 Å². The van der Waals surface area contributed by atoms with Crippen LogP contribution in [0.25, 0.3) is 0 Å². The Labute approximate surface area is 138 Å². The van der Waals surface area contributed by atoms with Crippen LogP contribution in [0.1, 0.15) is 56.3 Å². The van der Waals surface area contributed by atoms with Gasteiger partial charge in [0.1, 0.15) is 0 Å². The zero-order valence-electron chi connectivity index (χ0n) is 14.2. The van der Waals surface area contributed by atoms with Crippen LogP contribution < -0.4 is 20.5 Å². The molecule has 1 aromatic carbocycles. The molecule has 1 amide bonds. The summed E-state index contributed by atoms with van der Waals surface area (Å²) in [7, 11) is 0. The molecule has 1 saturated carbocycles. The van der Waals surface area contributed by atoms with Crippen molar-refractivity contribution in [2.24, 2.45) is 5.73 Å². The molecule has 5 nitrogen and oxygen atoms in total. The van der Waals surface area contributed by atoms with Crippen LogP contribution in [0.4, 0.5) is 0 Å². The van der Waals surface area contributed by atoms with Crippen LogP contribution in [0.2, 0.25) is 0 Å². The number of nitrogens with two attached hydrogens (primary N) is 1. The molecule has 1 fully saturated rings. The van der Waals surface area contributed by atoms with Crippen LogP contribution in [-0.2, 0) is 0 Å². The van der Waals surface area contributed by atoms with Gasteiger partial charge < -0.3 is 20.5 Å².